The van der Waals surface area contributed by atoms with E-state index in [1.807, 2.05) is 18.7 Å². The molecule has 1 atom stereocenters. The van der Waals surface area contributed by atoms with Crippen molar-refractivity contribution >= 4 is 0 Å². The van der Waals surface area contributed by atoms with E-state index in [9.17, 15) is 0 Å². The first-order chi connectivity index (χ1) is 8.58. The summed E-state index contributed by atoms with van der Waals surface area (Å²) in [5.74, 6) is 0. The Balaban J connectivity index is 1.76. The van der Waals surface area contributed by atoms with Crippen LogP contribution in [0.2, 0.25) is 0 Å². The number of hydrogen-bond acceptors (Lipinski definition) is 3. The summed E-state index contributed by atoms with van der Waals surface area (Å²) in [7, 11) is 0. The second kappa shape index (κ2) is 5.85. The Bertz CT molecular complexity index is 339. The molecule has 0 bridgehead atoms. The van der Waals surface area contributed by atoms with Crippen LogP contribution in [0, 0.1) is 0 Å². The molecule has 1 aromatic heterocycles. The average Bonchev–Trinajstić information content (AvgIpc) is 2.99. The molecule has 2 heterocycles. The minimum Gasteiger partial charge on any atom is -0.336 e. The van der Waals surface area contributed by atoms with Gasteiger partial charge in [-0.3, -0.25) is 4.90 Å². The van der Waals surface area contributed by atoms with Crippen LogP contribution < -0.4 is 5.32 Å². The first-order valence-corrected chi connectivity index (χ1v) is 7.02. The van der Waals surface area contributed by atoms with Crippen molar-refractivity contribution in [2.24, 2.45) is 0 Å². The highest BCUT2D eigenvalue weighted by Gasteiger charge is 2.28. The van der Waals surface area contributed by atoms with Gasteiger partial charge in [0.15, 0.2) is 0 Å². The van der Waals surface area contributed by atoms with Gasteiger partial charge in [-0.05, 0) is 46.7 Å². The molecular weight excluding hydrogens is 224 g/mol. The maximum Gasteiger partial charge on any atom is 0.0946 e. The molecule has 1 N–H and O–H groups in total. The van der Waals surface area contributed by atoms with Crippen LogP contribution in [0.5, 0.6) is 0 Å². The first-order valence-electron chi connectivity index (χ1n) is 7.02. The Hall–Kier alpha value is -0.870. The van der Waals surface area contributed by atoms with E-state index in [4.69, 9.17) is 0 Å². The van der Waals surface area contributed by atoms with Crippen molar-refractivity contribution in [2.45, 2.75) is 51.7 Å². The minimum atomic E-state index is 0.264. The van der Waals surface area contributed by atoms with Crippen LogP contribution in [-0.2, 0) is 6.54 Å². The molecule has 1 aliphatic heterocycles. The van der Waals surface area contributed by atoms with Crippen molar-refractivity contribution in [3.8, 4) is 0 Å². The molecule has 4 heteroatoms. The normalized spacial score (nSPS) is 19.3. The van der Waals surface area contributed by atoms with Gasteiger partial charge < -0.3 is 9.88 Å². The van der Waals surface area contributed by atoms with Gasteiger partial charge in [-0.1, -0.05) is 0 Å². The third kappa shape index (κ3) is 3.56. The zero-order valence-electron chi connectivity index (χ0n) is 11.9. The second-order valence-corrected chi connectivity index (χ2v) is 6.05. The molecule has 2 rings (SSSR count). The summed E-state index contributed by atoms with van der Waals surface area (Å²) < 4.78 is 2.13. The Morgan fingerprint density at radius 2 is 2.06 bits per heavy atom. The van der Waals surface area contributed by atoms with E-state index in [0.29, 0.717) is 6.04 Å². The van der Waals surface area contributed by atoms with E-state index >= 15 is 0 Å². The highest BCUT2D eigenvalue weighted by Crippen LogP contribution is 2.20. The van der Waals surface area contributed by atoms with Crippen molar-refractivity contribution in [2.75, 3.05) is 19.6 Å². The van der Waals surface area contributed by atoms with E-state index in [2.05, 4.69) is 40.5 Å². The van der Waals surface area contributed by atoms with Gasteiger partial charge in [0.05, 0.1) is 6.33 Å². The summed E-state index contributed by atoms with van der Waals surface area (Å²) in [6, 6.07) is 0.473. The standard InChI is InChI=1S/C14H26N4/c1-13(10-17-9-6-15-12-17)16-11-14(2,3)18-7-4-5-8-18/h6,9,12-13,16H,4-5,7-8,10-11H2,1-3H3. The summed E-state index contributed by atoms with van der Waals surface area (Å²) in [5.41, 5.74) is 0.264. The summed E-state index contributed by atoms with van der Waals surface area (Å²) >= 11 is 0. The van der Waals surface area contributed by atoms with Crippen LogP contribution in [-0.4, -0.2) is 45.7 Å². The van der Waals surface area contributed by atoms with Crippen LogP contribution in [0.25, 0.3) is 0 Å². The van der Waals surface area contributed by atoms with E-state index in [0.717, 1.165) is 13.1 Å². The Morgan fingerprint density at radius 3 is 2.67 bits per heavy atom. The van der Waals surface area contributed by atoms with Gasteiger partial charge in [0.1, 0.15) is 0 Å². The minimum absolute atomic E-state index is 0.264. The third-order valence-corrected chi connectivity index (χ3v) is 3.89. The lowest BCUT2D eigenvalue weighted by atomic mass is 10.0. The van der Waals surface area contributed by atoms with Crippen LogP contribution in [0.15, 0.2) is 18.7 Å². The molecular formula is C14H26N4. The van der Waals surface area contributed by atoms with Gasteiger partial charge in [0.2, 0.25) is 0 Å². The highest BCUT2D eigenvalue weighted by atomic mass is 15.2. The quantitative estimate of drug-likeness (QED) is 0.835. The van der Waals surface area contributed by atoms with Gasteiger partial charge in [-0.25, -0.2) is 4.98 Å². The van der Waals surface area contributed by atoms with Gasteiger partial charge in [-0.2, -0.15) is 0 Å². The van der Waals surface area contributed by atoms with Gasteiger partial charge in [0.25, 0.3) is 0 Å². The Morgan fingerprint density at radius 1 is 1.33 bits per heavy atom. The maximum absolute atomic E-state index is 4.07. The molecule has 0 amide bonds. The lowest BCUT2D eigenvalue weighted by Gasteiger charge is -2.36. The smallest absolute Gasteiger partial charge is 0.0946 e. The van der Waals surface area contributed by atoms with Gasteiger partial charge >= 0.3 is 0 Å². The highest BCUT2D eigenvalue weighted by molar-refractivity contribution is 4.87. The fourth-order valence-electron chi connectivity index (χ4n) is 2.63. The number of hydrogen-bond donors (Lipinski definition) is 1. The largest absolute Gasteiger partial charge is 0.336 e. The molecule has 1 fully saturated rings. The third-order valence-electron chi connectivity index (χ3n) is 3.89. The zero-order chi connectivity index (χ0) is 13.0. The molecule has 1 saturated heterocycles. The van der Waals surface area contributed by atoms with E-state index in [1.54, 1.807) is 0 Å². The van der Waals surface area contributed by atoms with Crippen molar-refractivity contribution in [3.63, 3.8) is 0 Å². The van der Waals surface area contributed by atoms with Crippen LogP contribution in [0.4, 0.5) is 0 Å². The monoisotopic (exact) mass is 250 g/mol. The van der Waals surface area contributed by atoms with Crippen LogP contribution >= 0.6 is 0 Å². The van der Waals surface area contributed by atoms with Gasteiger partial charge in [-0.15, -0.1) is 0 Å². The molecule has 0 radical (unpaired) electrons. The summed E-state index contributed by atoms with van der Waals surface area (Å²) in [4.78, 5) is 6.68. The SMILES string of the molecule is CC(Cn1ccnc1)NCC(C)(C)N1CCCC1. The summed E-state index contributed by atoms with van der Waals surface area (Å²) in [5, 5.41) is 3.65. The fourth-order valence-corrected chi connectivity index (χ4v) is 2.63. The first kappa shape index (κ1) is 13.6. The number of likely N-dealkylation sites (tertiary alicyclic amines) is 1. The molecule has 1 aliphatic rings. The molecule has 4 nitrogen and oxygen atoms in total. The average molecular weight is 250 g/mol. The zero-order valence-corrected chi connectivity index (χ0v) is 11.9. The molecule has 1 unspecified atom stereocenters. The number of nitrogens with one attached hydrogen (secondary N) is 1. The molecule has 0 aromatic carbocycles. The van der Waals surface area contributed by atoms with Gasteiger partial charge in [0, 0.05) is 37.1 Å². The molecule has 0 saturated carbocycles. The topological polar surface area (TPSA) is 33.1 Å². The van der Waals surface area contributed by atoms with Crippen molar-refractivity contribution in [1.29, 1.82) is 0 Å². The molecule has 0 aliphatic carbocycles. The number of nitrogens with zero attached hydrogens (tertiary/aromatic N) is 3. The van der Waals surface area contributed by atoms with Crippen molar-refractivity contribution in [1.82, 2.24) is 19.8 Å². The second-order valence-electron chi connectivity index (χ2n) is 6.05. The van der Waals surface area contributed by atoms with Crippen LogP contribution in [0.1, 0.15) is 33.6 Å². The molecule has 1 aromatic rings. The van der Waals surface area contributed by atoms with E-state index in [-0.39, 0.29) is 5.54 Å². The molecule has 102 valence electrons. The van der Waals surface area contributed by atoms with E-state index in [1.165, 1.54) is 25.9 Å². The lowest BCUT2D eigenvalue weighted by molar-refractivity contribution is 0.147. The maximum atomic E-state index is 4.07. The Kier molecular flexibility index (Phi) is 4.40. The predicted octanol–water partition coefficient (Wildman–Crippen LogP) is 1.74. The molecule has 18 heavy (non-hydrogen) atoms. The number of aromatic nitrogens is 2. The van der Waals surface area contributed by atoms with Crippen molar-refractivity contribution in [3.05, 3.63) is 18.7 Å². The Labute approximate surface area is 110 Å². The van der Waals surface area contributed by atoms with Crippen LogP contribution in [0.3, 0.4) is 0 Å². The summed E-state index contributed by atoms with van der Waals surface area (Å²) in [6.07, 6.45) is 8.44. The fraction of sp³-hybridized carbons (Fsp3) is 0.786. The number of imidazole rings is 1. The van der Waals surface area contributed by atoms with Crippen molar-refractivity contribution < 1.29 is 0 Å². The number of rotatable bonds is 6. The predicted molar refractivity (Wildman–Crippen MR) is 74.6 cm³/mol. The molecule has 0 spiro atoms. The summed E-state index contributed by atoms with van der Waals surface area (Å²) in [6.45, 7) is 11.5. The lowest BCUT2D eigenvalue weighted by Crippen LogP contribution is -2.51. The van der Waals surface area contributed by atoms with E-state index < -0.39 is 0 Å².